The van der Waals surface area contributed by atoms with Crippen molar-refractivity contribution in [3.05, 3.63) is 66.7 Å². The molecule has 0 radical (unpaired) electrons. The average molecular weight is 344 g/mol. The first-order valence-electron chi connectivity index (χ1n) is 9.27. The standard InChI is InChI=1S/C23H24N2O/c1-25(23(26)14-17-12-13-24-16-17)22-10-8-19(9-11-22)21-7-6-18-4-2-3-5-20(18)15-21/h2-11,15,17,24H,12-14,16H2,1H3. The topological polar surface area (TPSA) is 32.3 Å². The second-order valence-corrected chi connectivity index (χ2v) is 7.12. The Morgan fingerprint density at radius 1 is 1.00 bits per heavy atom. The molecule has 1 unspecified atom stereocenters. The van der Waals surface area contributed by atoms with E-state index in [1.54, 1.807) is 4.90 Å². The minimum Gasteiger partial charge on any atom is -0.316 e. The van der Waals surface area contributed by atoms with Crippen molar-refractivity contribution in [3.8, 4) is 11.1 Å². The molecule has 0 bridgehead atoms. The Hall–Kier alpha value is -2.65. The summed E-state index contributed by atoms with van der Waals surface area (Å²) in [4.78, 5) is 14.3. The lowest BCUT2D eigenvalue weighted by atomic mass is 10.0. The molecular formula is C23H24N2O. The fourth-order valence-corrected chi connectivity index (χ4v) is 3.66. The van der Waals surface area contributed by atoms with Crippen LogP contribution in [0.1, 0.15) is 12.8 Å². The summed E-state index contributed by atoms with van der Waals surface area (Å²) in [5.74, 6) is 0.666. The number of amides is 1. The third kappa shape index (κ3) is 3.49. The largest absolute Gasteiger partial charge is 0.316 e. The van der Waals surface area contributed by atoms with Crippen molar-refractivity contribution in [3.63, 3.8) is 0 Å². The fraction of sp³-hybridized carbons (Fsp3) is 0.261. The highest BCUT2D eigenvalue weighted by Crippen LogP contribution is 2.27. The molecule has 1 aliphatic heterocycles. The molecule has 26 heavy (non-hydrogen) atoms. The van der Waals surface area contributed by atoms with Crippen molar-refractivity contribution in [2.24, 2.45) is 5.92 Å². The van der Waals surface area contributed by atoms with Gasteiger partial charge in [-0.2, -0.15) is 0 Å². The van der Waals surface area contributed by atoms with Gasteiger partial charge < -0.3 is 10.2 Å². The number of carbonyl (C=O) groups is 1. The highest BCUT2D eigenvalue weighted by atomic mass is 16.2. The molecule has 3 nitrogen and oxygen atoms in total. The van der Waals surface area contributed by atoms with E-state index in [0.29, 0.717) is 12.3 Å². The van der Waals surface area contributed by atoms with Crippen LogP contribution in [-0.2, 0) is 4.79 Å². The Labute approximate surface area is 154 Å². The van der Waals surface area contributed by atoms with Crippen molar-refractivity contribution in [2.75, 3.05) is 25.0 Å². The molecule has 1 aliphatic rings. The molecule has 132 valence electrons. The first-order chi connectivity index (χ1) is 12.7. The van der Waals surface area contributed by atoms with Gasteiger partial charge in [-0.05, 0) is 65.5 Å². The van der Waals surface area contributed by atoms with Gasteiger partial charge in [0.1, 0.15) is 0 Å². The predicted octanol–water partition coefficient (Wildman–Crippen LogP) is 4.47. The smallest absolute Gasteiger partial charge is 0.227 e. The molecule has 1 atom stereocenters. The summed E-state index contributed by atoms with van der Waals surface area (Å²) in [5.41, 5.74) is 3.31. The van der Waals surface area contributed by atoms with E-state index in [1.165, 1.54) is 21.9 Å². The summed E-state index contributed by atoms with van der Waals surface area (Å²) in [6, 6.07) is 23.2. The Morgan fingerprint density at radius 2 is 1.73 bits per heavy atom. The second-order valence-electron chi connectivity index (χ2n) is 7.12. The number of rotatable bonds is 4. The van der Waals surface area contributed by atoms with Crippen LogP contribution in [0.2, 0.25) is 0 Å². The Kier molecular flexibility index (Phi) is 4.72. The minimum atomic E-state index is 0.192. The minimum absolute atomic E-state index is 0.192. The first kappa shape index (κ1) is 16.8. The van der Waals surface area contributed by atoms with Crippen LogP contribution in [0.3, 0.4) is 0 Å². The lowest BCUT2D eigenvalue weighted by molar-refractivity contribution is -0.119. The molecule has 0 aromatic heterocycles. The highest BCUT2D eigenvalue weighted by Gasteiger charge is 2.20. The van der Waals surface area contributed by atoms with Crippen molar-refractivity contribution in [1.82, 2.24) is 5.32 Å². The van der Waals surface area contributed by atoms with Gasteiger partial charge >= 0.3 is 0 Å². The number of carbonyl (C=O) groups excluding carboxylic acids is 1. The summed E-state index contributed by atoms with van der Waals surface area (Å²) in [6.45, 7) is 1.99. The van der Waals surface area contributed by atoms with E-state index in [1.807, 2.05) is 19.2 Å². The van der Waals surface area contributed by atoms with Gasteiger partial charge in [0.2, 0.25) is 5.91 Å². The van der Waals surface area contributed by atoms with Crippen molar-refractivity contribution < 1.29 is 4.79 Å². The van der Waals surface area contributed by atoms with Crippen molar-refractivity contribution in [1.29, 1.82) is 0 Å². The molecule has 3 aromatic rings. The summed E-state index contributed by atoms with van der Waals surface area (Å²) in [5, 5.41) is 5.82. The number of hydrogen-bond acceptors (Lipinski definition) is 2. The van der Waals surface area contributed by atoms with Crippen LogP contribution in [0.4, 0.5) is 5.69 Å². The monoisotopic (exact) mass is 344 g/mol. The van der Waals surface area contributed by atoms with Gasteiger partial charge in [-0.25, -0.2) is 0 Å². The molecule has 4 rings (SSSR count). The van der Waals surface area contributed by atoms with Gasteiger partial charge in [0.15, 0.2) is 0 Å². The van der Waals surface area contributed by atoms with E-state index in [2.05, 4.69) is 59.9 Å². The Bertz CT molecular complexity index is 911. The van der Waals surface area contributed by atoms with E-state index in [4.69, 9.17) is 0 Å². The molecule has 1 N–H and O–H groups in total. The van der Waals surface area contributed by atoms with Gasteiger partial charge in [0.25, 0.3) is 0 Å². The maximum atomic E-state index is 12.5. The lowest BCUT2D eigenvalue weighted by Gasteiger charge is -2.19. The summed E-state index contributed by atoms with van der Waals surface area (Å²) in [7, 11) is 1.87. The van der Waals surface area contributed by atoms with Crippen LogP contribution in [-0.4, -0.2) is 26.0 Å². The van der Waals surface area contributed by atoms with Crippen molar-refractivity contribution >= 4 is 22.4 Å². The first-order valence-corrected chi connectivity index (χ1v) is 9.27. The van der Waals surface area contributed by atoms with Crippen LogP contribution < -0.4 is 10.2 Å². The third-order valence-electron chi connectivity index (χ3n) is 5.34. The zero-order valence-electron chi connectivity index (χ0n) is 15.1. The molecule has 0 aliphatic carbocycles. The molecule has 1 amide bonds. The number of anilines is 1. The average Bonchev–Trinajstić information content (AvgIpc) is 3.20. The van der Waals surface area contributed by atoms with Crippen LogP contribution in [0, 0.1) is 5.92 Å². The molecule has 3 aromatic carbocycles. The lowest BCUT2D eigenvalue weighted by Crippen LogP contribution is -2.28. The number of nitrogens with zero attached hydrogens (tertiary/aromatic N) is 1. The quantitative estimate of drug-likeness (QED) is 0.757. The molecule has 1 heterocycles. The van der Waals surface area contributed by atoms with Crippen LogP contribution in [0.15, 0.2) is 66.7 Å². The zero-order valence-corrected chi connectivity index (χ0v) is 15.1. The Morgan fingerprint density at radius 3 is 2.46 bits per heavy atom. The van der Waals surface area contributed by atoms with E-state index in [-0.39, 0.29) is 5.91 Å². The maximum Gasteiger partial charge on any atom is 0.227 e. The van der Waals surface area contributed by atoms with Gasteiger partial charge in [-0.15, -0.1) is 0 Å². The molecule has 1 fully saturated rings. The van der Waals surface area contributed by atoms with Crippen LogP contribution in [0.25, 0.3) is 21.9 Å². The van der Waals surface area contributed by atoms with E-state index >= 15 is 0 Å². The van der Waals surface area contributed by atoms with E-state index in [0.717, 1.165) is 25.2 Å². The third-order valence-corrected chi connectivity index (χ3v) is 5.34. The normalized spacial score (nSPS) is 16.7. The summed E-state index contributed by atoms with van der Waals surface area (Å²) < 4.78 is 0. The summed E-state index contributed by atoms with van der Waals surface area (Å²) in [6.07, 6.45) is 1.72. The zero-order chi connectivity index (χ0) is 17.9. The number of hydrogen-bond donors (Lipinski definition) is 1. The Balaban J connectivity index is 1.50. The molecular weight excluding hydrogens is 320 g/mol. The van der Waals surface area contributed by atoms with Gasteiger partial charge in [-0.3, -0.25) is 4.79 Å². The molecule has 1 saturated heterocycles. The van der Waals surface area contributed by atoms with Crippen LogP contribution in [0.5, 0.6) is 0 Å². The van der Waals surface area contributed by atoms with E-state index < -0.39 is 0 Å². The van der Waals surface area contributed by atoms with E-state index in [9.17, 15) is 4.79 Å². The van der Waals surface area contributed by atoms with Gasteiger partial charge in [0, 0.05) is 19.2 Å². The number of nitrogens with one attached hydrogen (secondary N) is 1. The van der Waals surface area contributed by atoms with Gasteiger partial charge in [0.05, 0.1) is 0 Å². The highest BCUT2D eigenvalue weighted by molar-refractivity contribution is 5.93. The molecule has 0 saturated carbocycles. The van der Waals surface area contributed by atoms with Crippen LogP contribution >= 0.6 is 0 Å². The fourth-order valence-electron chi connectivity index (χ4n) is 3.66. The maximum absolute atomic E-state index is 12.5. The second kappa shape index (κ2) is 7.30. The molecule has 3 heteroatoms. The van der Waals surface area contributed by atoms with Crippen molar-refractivity contribution in [2.45, 2.75) is 12.8 Å². The SMILES string of the molecule is CN(C(=O)CC1CCNC1)c1ccc(-c2ccc3ccccc3c2)cc1. The number of benzene rings is 3. The molecule has 0 spiro atoms. The number of fused-ring (bicyclic) bond motifs is 1. The van der Waals surface area contributed by atoms with Gasteiger partial charge in [-0.1, -0.05) is 48.5 Å². The summed E-state index contributed by atoms with van der Waals surface area (Å²) >= 11 is 0. The predicted molar refractivity (Wildman–Crippen MR) is 108 cm³/mol.